The van der Waals surface area contributed by atoms with Crippen molar-refractivity contribution < 1.29 is 38.5 Å². The van der Waals surface area contributed by atoms with Crippen LogP contribution < -0.4 is 0 Å². The van der Waals surface area contributed by atoms with E-state index in [0.29, 0.717) is 6.42 Å². The summed E-state index contributed by atoms with van der Waals surface area (Å²) in [6.07, 6.45) is 3.95. The van der Waals surface area contributed by atoms with Gasteiger partial charge in [0.2, 0.25) is 0 Å². The van der Waals surface area contributed by atoms with E-state index >= 15 is 0 Å². The molecule has 3 fully saturated rings. The van der Waals surface area contributed by atoms with Crippen molar-refractivity contribution in [2.45, 2.75) is 79.1 Å². The number of ketones is 1. The van der Waals surface area contributed by atoms with E-state index in [1.807, 2.05) is 26.8 Å². The quantitative estimate of drug-likeness (QED) is 0.465. The molecular weight excluding hydrogens is 464 g/mol. The minimum absolute atomic E-state index is 0.0194. The number of rotatable bonds is 3. The summed E-state index contributed by atoms with van der Waals surface area (Å²) in [6.45, 7) is 11.2. The molecule has 5 rings (SSSR count). The number of hydrogen-bond donors (Lipinski definition) is 1. The van der Waals surface area contributed by atoms with Gasteiger partial charge in [-0.2, -0.15) is 0 Å². The Morgan fingerprint density at radius 3 is 2.44 bits per heavy atom. The van der Waals surface area contributed by atoms with Crippen molar-refractivity contribution in [2.24, 2.45) is 39.4 Å². The maximum Gasteiger partial charge on any atom is 0.331 e. The number of ether oxygens (including phenoxy) is 3. The zero-order valence-corrected chi connectivity index (χ0v) is 21.8. The molecule has 9 atom stereocenters. The van der Waals surface area contributed by atoms with Gasteiger partial charge in [0.15, 0.2) is 5.78 Å². The van der Waals surface area contributed by atoms with Gasteiger partial charge in [-0.1, -0.05) is 40.7 Å². The molecule has 2 saturated carbocycles. The molecule has 2 aliphatic heterocycles. The molecule has 0 aromatic heterocycles. The summed E-state index contributed by atoms with van der Waals surface area (Å²) in [5, 5.41) is 10.1. The van der Waals surface area contributed by atoms with Crippen LogP contribution in [-0.2, 0) is 33.4 Å². The van der Waals surface area contributed by atoms with Crippen LogP contribution in [0.3, 0.4) is 0 Å². The zero-order valence-electron chi connectivity index (χ0n) is 21.8. The monoisotopic (exact) mass is 500 g/mol. The first-order chi connectivity index (χ1) is 16.7. The van der Waals surface area contributed by atoms with Crippen molar-refractivity contribution in [2.75, 3.05) is 6.61 Å². The van der Waals surface area contributed by atoms with Gasteiger partial charge in [-0.25, -0.2) is 4.79 Å². The molecule has 3 aliphatic carbocycles. The van der Waals surface area contributed by atoms with E-state index in [9.17, 15) is 24.3 Å². The van der Waals surface area contributed by atoms with E-state index in [1.165, 1.54) is 13.0 Å². The molecule has 0 unspecified atom stereocenters. The van der Waals surface area contributed by atoms with E-state index in [-0.39, 0.29) is 36.6 Å². The maximum atomic E-state index is 13.8. The lowest BCUT2D eigenvalue weighted by Crippen LogP contribution is -2.71. The number of carbonyl (C=O) groups is 4. The van der Waals surface area contributed by atoms with Gasteiger partial charge in [0.25, 0.3) is 0 Å². The van der Waals surface area contributed by atoms with Crippen LogP contribution in [0.5, 0.6) is 0 Å². The van der Waals surface area contributed by atoms with Crippen molar-refractivity contribution in [3.63, 3.8) is 0 Å². The van der Waals surface area contributed by atoms with Crippen LogP contribution in [0.25, 0.3) is 0 Å². The fraction of sp³-hybridized carbons (Fsp3) is 0.714. The lowest BCUT2D eigenvalue weighted by atomic mass is 9.36. The topological polar surface area (TPSA) is 116 Å². The van der Waals surface area contributed by atoms with Crippen molar-refractivity contribution in [3.8, 4) is 0 Å². The summed E-state index contributed by atoms with van der Waals surface area (Å²) in [5.41, 5.74) is -2.23. The Bertz CT molecular complexity index is 1100. The molecule has 36 heavy (non-hydrogen) atoms. The van der Waals surface area contributed by atoms with Crippen molar-refractivity contribution in [1.29, 1.82) is 0 Å². The van der Waals surface area contributed by atoms with Crippen LogP contribution in [0.4, 0.5) is 0 Å². The molecule has 2 heterocycles. The molecule has 1 N–H and O–H groups in total. The molecule has 196 valence electrons. The molecule has 0 bridgehead atoms. The second-order valence-electron chi connectivity index (χ2n) is 12.7. The third-order valence-corrected chi connectivity index (χ3v) is 10.2. The highest BCUT2D eigenvalue weighted by atomic mass is 16.6. The molecule has 0 spiro atoms. The second-order valence-corrected chi connectivity index (χ2v) is 12.7. The van der Waals surface area contributed by atoms with Crippen LogP contribution in [-0.4, -0.2) is 53.7 Å². The first-order valence-electron chi connectivity index (χ1n) is 12.8. The van der Waals surface area contributed by atoms with E-state index in [4.69, 9.17) is 14.2 Å². The number of hydrogen-bond acceptors (Lipinski definition) is 8. The minimum atomic E-state index is -0.908. The molecule has 0 amide bonds. The Labute approximate surface area is 211 Å². The fourth-order valence-electron chi connectivity index (χ4n) is 8.90. The van der Waals surface area contributed by atoms with Gasteiger partial charge in [0.1, 0.15) is 18.3 Å². The van der Waals surface area contributed by atoms with E-state index in [2.05, 4.69) is 13.8 Å². The van der Waals surface area contributed by atoms with Gasteiger partial charge in [0.05, 0.1) is 13.0 Å². The SMILES string of the molecule is CC(=O)O[C@@H]1C[C@@](C)([C@H]2OC(=O)C[C@@H]2CO)C2=CC(=O)O[C@@H]3C[C@H]4C(C)(C)C=CC(=O)[C@]4(C)[C@@H]1[C@]23C. The van der Waals surface area contributed by atoms with Gasteiger partial charge >= 0.3 is 17.9 Å². The van der Waals surface area contributed by atoms with E-state index < -0.39 is 64.3 Å². The van der Waals surface area contributed by atoms with Crippen molar-refractivity contribution in [1.82, 2.24) is 0 Å². The van der Waals surface area contributed by atoms with Crippen LogP contribution in [0.1, 0.15) is 60.8 Å². The standard InChI is InChI=1S/C28H36O8/c1-14(30)34-16-12-26(4,24-15(13-29)9-21(32)36-24)18-11-22(33)35-20-10-17-25(2,3)8-7-19(31)27(17,5)23(16)28(18,20)6/h7-8,11,15-17,20,23-24,29H,9-10,12-13H2,1-6H3/t15-,16-,17+,20-,23-,24+,26-,27-,28-/m1/s1. The van der Waals surface area contributed by atoms with Crippen molar-refractivity contribution >= 4 is 23.7 Å². The highest BCUT2D eigenvalue weighted by molar-refractivity contribution is 5.97. The Kier molecular flexibility index (Phi) is 5.43. The maximum absolute atomic E-state index is 13.8. The highest BCUT2D eigenvalue weighted by Gasteiger charge is 2.74. The first kappa shape index (κ1) is 25.2. The van der Waals surface area contributed by atoms with Gasteiger partial charge in [-0.05, 0) is 35.8 Å². The number of aliphatic hydroxyl groups is 1. The Balaban J connectivity index is 1.75. The summed E-state index contributed by atoms with van der Waals surface area (Å²) < 4.78 is 17.8. The highest BCUT2D eigenvalue weighted by Crippen LogP contribution is 2.71. The minimum Gasteiger partial charge on any atom is -0.462 e. The molecule has 1 saturated heterocycles. The largest absolute Gasteiger partial charge is 0.462 e. The summed E-state index contributed by atoms with van der Waals surface area (Å²) in [7, 11) is 0. The fourth-order valence-corrected chi connectivity index (χ4v) is 8.90. The third kappa shape index (κ3) is 3.15. The summed E-state index contributed by atoms with van der Waals surface area (Å²) in [5.74, 6) is -2.42. The molecule has 0 aromatic rings. The number of esters is 3. The Morgan fingerprint density at radius 1 is 1.11 bits per heavy atom. The van der Waals surface area contributed by atoms with Gasteiger partial charge < -0.3 is 19.3 Å². The van der Waals surface area contributed by atoms with Crippen LogP contribution in [0, 0.1) is 39.4 Å². The summed E-state index contributed by atoms with van der Waals surface area (Å²) in [4.78, 5) is 51.5. The number of allylic oxidation sites excluding steroid dienone is 2. The van der Waals surface area contributed by atoms with Crippen molar-refractivity contribution in [3.05, 3.63) is 23.8 Å². The molecule has 5 aliphatic rings. The van der Waals surface area contributed by atoms with E-state index in [0.717, 1.165) is 5.57 Å². The zero-order chi connectivity index (χ0) is 26.4. The van der Waals surface area contributed by atoms with Crippen LogP contribution in [0.15, 0.2) is 23.8 Å². The van der Waals surface area contributed by atoms with Gasteiger partial charge in [-0.15, -0.1) is 0 Å². The molecule has 0 radical (unpaired) electrons. The lowest BCUT2D eigenvalue weighted by Gasteiger charge is -2.68. The predicted molar refractivity (Wildman–Crippen MR) is 127 cm³/mol. The Hall–Kier alpha value is -2.48. The predicted octanol–water partition coefficient (Wildman–Crippen LogP) is 2.92. The van der Waals surface area contributed by atoms with Gasteiger partial charge in [0, 0.05) is 41.1 Å². The normalized spacial score (nSPS) is 46.8. The van der Waals surface area contributed by atoms with Crippen LogP contribution >= 0.6 is 0 Å². The van der Waals surface area contributed by atoms with E-state index in [1.54, 1.807) is 6.08 Å². The summed E-state index contributed by atoms with van der Waals surface area (Å²) >= 11 is 0. The van der Waals surface area contributed by atoms with Gasteiger partial charge in [-0.3, -0.25) is 14.4 Å². The number of fused-ring (bicyclic) bond motifs is 2. The smallest absolute Gasteiger partial charge is 0.331 e. The lowest BCUT2D eigenvalue weighted by molar-refractivity contribution is -0.230. The molecular formula is C28H36O8. The molecule has 8 heteroatoms. The van der Waals surface area contributed by atoms with Crippen LogP contribution in [0.2, 0.25) is 0 Å². The average Bonchev–Trinajstić information content (AvgIpc) is 3.16. The molecule has 8 nitrogen and oxygen atoms in total. The summed E-state index contributed by atoms with van der Waals surface area (Å²) in [6, 6.07) is 0. The number of cyclic esters (lactones) is 1. The average molecular weight is 501 g/mol. The second kappa shape index (κ2) is 7.76. The first-order valence-corrected chi connectivity index (χ1v) is 12.8. The number of carbonyl (C=O) groups excluding carboxylic acids is 4. The Morgan fingerprint density at radius 2 is 1.81 bits per heavy atom. The number of aliphatic hydroxyl groups excluding tert-OH is 1. The third-order valence-electron chi connectivity index (χ3n) is 10.2. The molecule has 0 aromatic carbocycles.